The van der Waals surface area contributed by atoms with E-state index >= 15 is 0 Å². The van der Waals surface area contributed by atoms with Gasteiger partial charge in [-0.1, -0.05) is 13.0 Å². The van der Waals surface area contributed by atoms with Crippen molar-refractivity contribution in [3.05, 3.63) is 53.3 Å². The van der Waals surface area contributed by atoms with E-state index < -0.39 is 70.7 Å². The average molecular weight is 474 g/mol. The Kier molecular flexibility index (Phi) is 5.95. The third-order valence-electron chi connectivity index (χ3n) is 5.76. The van der Waals surface area contributed by atoms with Crippen LogP contribution in [0.15, 0.2) is 30.4 Å². The summed E-state index contributed by atoms with van der Waals surface area (Å²) in [7, 11) is 1.01. The van der Waals surface area contributed by atoms with Crippen molar-refractivity contribution < 1.29 is 42.4 Å². The van der Waals surface area contributed by atoms with Crippen molar-refractivity contribution in [3.8, 4) is 5.75 Å². The zero-order chi connectivity index (χ0) is 25.6. The molecule has 1 aliphatic rings. The standard InChI is InChI=1S/C21H20F5N3O4/c1-9-14(11-4-5-12(22)15(23)16(11)32-3)17(33-20(9,2)21(24,25)26)19(31)29-10-6-7-28-13(8-10)18(27)30/h4-9,14,17H,1-3H3,(H2,27,30)(H,28,29,31)/i8D. The number of ether oxygens (including phenoxy) is 2. The Morgan fingerprint density at radius 1 is 1.30 bits per heavy atom. The number of primary amides is 1. The molecule has 0 radical (unpaired) electrons. The lowest BCUT2D eigenvalue weighted by Gasteiger charge is -2.32. The zero-order valence-electron chi connectivity index (χ0n) is 18.6. The van der Waals surface area contributed by atoms with Crippen molar-refractivity contribution in [3.63, 3.8) is 0 Å². The van der Waals surface area contributed by atoms with Gasteiger partial charge in [-0.3, -0.25) is 14.6 Å². The Morgan fingerprint density at radius 2 is 1.97 bits per heavy atom. The van der Waals surface area contributed by atoms with Gasteiger partial charge in [0.25, 0.3) is 11.8 Å². The Balaban J connectivity index is 2.11. The van der Waals surface area contributed by atoms with E-state index in [1.54, 1.807) is 0 Å². The van der Waals surface area contributed by atoms with Gasteiger partial charge in [0, 0.05) is 29.3 Å². The second-order valence-corrected chi connectivity index (χ2v) is 7.63. The van der Waals surface area contributed by atoms with Gasteiger partial charge >= 0.3 is 6.18 Å². The number of carbonyl (C=O) groups is 2. The molecule has 0 spiro atoms. The normalized spacial score (nSPS) is 25.5. The Labute approximate surface area is 186 Å². The molecule has 3 rings (SSSR count). The maximum absolute atomic E-state index is 14.4. The smallest absolute Gasteiger partial charge is 0.417 e. The molecule has 1 fully saturated rings. The number of benzene rings is 1. The van der Waals surface area contributed by atoms with E-state index in [1.165, 1.54) is 6.92 Å². The number of alkyl halides is 3. The van der Waals surface area contributed by atoms with Gasteiger partial charge in [0.1, 0.15) is 11.8 Å². The molecular formula is C21H20F5N3O4. The molecule has 12 heteroatoms. The van der Waals surface area contributed by atoms with E-state index in [9.17, 15) is 31.5 Å². The second-order valence-electron chi connectivity index (χ2n) is 7.63. The van der Waals surface area contributed by atoms with Gasteiger partial charge in [0.05, 0.1) is 8.48 Å². The molecular weight excluding hydrogens is 453 g/mol. The summed E-state index contributed by atoms with van der Waals surface area (Å²) in [5.74, 6) is -8.43. The summed E-state index contributed by atoms with van der Waals surface area (Å²) in [6.45, 7) is 1.91. The lowest BCUT2D eigenvalue weighted by molar-refractivity contribution is -0.272. The zero-order valence-corrected chi connectivity index (χ0v) is 17.6. The van der Waals surface area contributed by atoms with E-state index in [2.05, 4.69) is 10.3 Å². The highest BCUT2D eigenvalue weighted by Gasteiger charge is 2.65. The highest BCUT2D eigenvalue weighted by atomic mass is 19.4. The number of nitrogens with one attached hydrogen (secondary N) is 1. The van der Waals surface area contributed by atoms with Crippen molar-refractivity contribution in [1.29, 1.82) is 0 Å². The first kappa shape index (κ1) is 22.9. The van der Waals surface area contributed by atoms with E-state index in [0.717, 1.165) is 32.4 Å². The molecule has 2 aromatic rings. The van der Waals surface area contributed by atoms with Gasteiger partial charge in [-0.2, -0.15) is 17.6 Å². The fourth-order valence-corrected chi connectivity index (χ4v) is 3.83. The van der Waals surface area contributed by atoms with Gasteiger partial charge in [-0.25, -0.2) is 4.39 Å². The molecule has 2 amide bonds. The quantitative estimate of drug-likeness (QED) is 0.646. The molecule has 0 saturated carbocycles. The maximum atomic E-state index is 14.4. The summed E-state index contributed by atoms with van der Waals surface area (Å²) in [4.78, 5) is 28.2. The number of pyridine rings is 1. The minimum Gasteiger partial charge on any atom is -0.493 e. The van der Waals surface area contributed by atoms with Crippen LogP contribution in [0.5, 0.6) is 5.75 Å². The minimum atomic E-state index is -4.93. The lowest BCUT2D eigenvalue weighted by Crippen LogP contribution is -2.47. The first-order valence-electron chi connectivity index (χ1n) is 10.1. The third kappa shape index (κ3) is 4.22. The number of hydrogen-bond acceptors (Lipinski definition) is 5. The molecule has 178 valence electrons. The van der Waals surface area contributed by atoms with Crippen LogP contribution >= 0.6 is 0 Å². The van der Waals surface area contributed by atoms with E-state index in [4.69, 9.17) is 16.6 Å². The lowest BCUT2D eigenvalue weighted by atomic mass is 9.77. The van der Waals surface area contributed by atoms with Crippen molar-refractivity contribution >= 4 is 17.5 Å². The van der Waals surface area contributed by atoms with Crippen LogP contribution in [0.1, 0.15) is 37.2 Å². The molecule has 7 nitrogen and oxygen atoms in total. The van der Waals surface area contributed by atoms with Crippen LogP contribution in [-0.4, -0.2) is 41.8 Å². The van der Waals surface area contributed by atoms with Crippen LogP contribution in [0.3, 0.4) is 0 Å². The number of amides is 2. The predicted octanol–water partition coefficient (Wildman–Crippen LogP) is 3.55. The highest BCUT2D eigenvalue weighted by Crippen LogP contribution is 2.55. The minimum absolute atomic E-state index is 0.208. The van der Waals surface area contributed by atoms with Crippen LogP contribution in [-0.2, 0) is 9.53 Å². The summed E-state index contributed by atoms with van der Waals surface area (Å²) in [5.41, 5.74) is 1.35. The van der Waals surface area contributed by atoms with Crippen molar-refractivity contribution in [2.24, 2.45) is 11.7 Å². The van der Waals surface area contributed by atoms with Crippen LogP contribution in [0.25, 0.3) is 0 Å². The molecule has 1 saturated heterocycles. The maximum Gasteiger partial charge on any atom is 0.417 e. The van der Waals surface area contributed by atoms with Crippen LogP contribution in [0, 0.1) is 17.6 Å². The molecule has 33 heavy (non-hydrogen) atoms. The first-order chi connectivity index (χ1) is 15.7. The van der Waals surface area contributed by atoms with Gasteiger partial charge in [0.15, 0.2) is 17.2 Å². The molecule has 1 aliphatic heterocycles. The summed E-state index contributed by atoms with van der Waals surface area (Å²) >= 11 is 0. The molecule has 0 aliphatic carbocycles. The van der Waals surface area contributed by atoms with Gasteiger partial charge in [0.2, 0.25) is 5.82 Å². The van der Waals surface area contributed by atoms with E-state index in [1.807, 2.05) is 0 Å². The molecule has 2 heterocycles. The summed E-state index contributed by atoms with van der Waals surface area (Å²) < 4.78 is 88.2. The van der Waals surface area contributed by atoms with Crippen LogP contribution in [0.4, 0.5) is 27.6 Å². The van der Waals surface area contributed by atoms with Crippen LogP contribution in [0.2, 0.25) is 0 Å². The Bertz CT molecular complexity index is 1150. The molecule has 4 unspecified atom stereocenters. The number of carbonyl (C=O) groups excluding carboxylic acids is 2. The van der Waals surface area contributed by atoms with Crippen molar-refractivity contribution in [1.82, 2.24) is 4.98 Å². The number of rotatable bonds is 5. The number of nitrogens with zero attached hydrogens (tertiary/aromatic N) is 1. The molecule has 4 atom stereocenters. The number of methoxy groups -OCH3 is 1. The SMILES string of the molecule is [2H]c1c(NC(=O)C2OC(C)(C(F)(F)F)C(C)C2c2ccc(F)c(F)c2OC)ccnc1C(N)=O. The number of anilines is 1. The van der Waals surface area contributed by atoms with Crippen molar-refractivity contribution in [2.45, 2.75) is 37.6 Å². The Morgan fingerprint density at radius 3 is 2.55 bits per heavy atom. The van der Waals surface area contributed by atoms with E-state index in [-0.39, 0.29) is 11.3 Å². The topological polar surface area (TPSA) is 104 Å². The number of hydrogen-bond donors (Lipinski definition) is 2. The largest absolute Gasteiger partial charge is 0.493 e. The molecule has 3 N–H and O–H groups in total. The Hall–Kier alpha value is -3.28. The van der Waals surface area contributed by atoms with Gasteiger partial charge in [-0.15, -0.1) is 0 Å². The first-order valence-corrected chi connectivity index (χ1v) is 9.57. The summed E-state index contributed by atoms with van der Waals surface area (Å²) in [6, 6.07) is 2.32. The molecule has 1 aromatic carbocycles. The fourth-order valence-electron chi connectivity index (χ4n) is 3.83. The van der Waals surface area contributed by atoms with Crippen LogP contribution < -0.4 is 15.8 Å². The summed E-state index contributed by atoms with van der Waals surface area (Å²) in [5, 5.41) is 2.25. The monoisotopic (exact) mass is 474 g/mol. The highest BCUT2D eigenvalue weighted by molar-refractivity contribution is 5.97. The third-order valence-corrected chi connectivity index (χ3v) is 5.76. The fraction of sp³-hybridized carbons (Fsp3) is 0.381. The average Bonchev–Trinajstić information content (AvgIpc) is 3.03. The van der Waals surface area contributed by atoms with Gasteiger partial charge < -0.3 is 20.5 Å². The molecule has 1 aromatic heterocycles. The number of halogens is 5. The predicted molar refractivity (Wildman–Crippen MR) is 106 cm³/mol. The van der Waals surface area contributed by atoms with Crippen molar-refractivity contribution in [2.75, 3.05) is 12.4 Å². The number of nitrogens with two attached hydrogens (primary N) is 1. The van der Waals surface area contributed by atoms with Gasteiger partial charge in [-0.05, 0) is 25.1 Å². The second kappa shape index (κ2) is 8.58. The van der Waals surface area contributed by atoms with E-state index in [0.29, 0.717) is 6.07 Å². The molecule has 0 bridgehead atoms. The number of aromatic nitrogens is 1. The summed E-state index contributed by atoms with van der Waals surface area (Å²) in [6.07, 6.45) is -5.71.